The van der Waals surface area contributed by atoms with Gasteiger partial charge in [-0.25, -0.2) is 4.98 Å². The summed E-state index contributed by atoms with van der Waals surface area (Å²) in [6.07, 6.45) is 0.689. The van der Waals surface area contributed by atoms with Crippen LogP contribution in [0.25, 0.3) is 11.0 Å². The summed E-state index contributed by atoms with van der Waals surface area (Å²) in [5.74, 6) is -0.232. The maximum atomic E-state index is 12.9. The van der Waals surface area contributed by atoms with Gasteiger partial charge in [0.2, 0.25) is 5.13 Å². The largest absolute Gasteiger partial charge is 0.296 e. The van der Waals surface area contributed by atoms with Gasteiger partial charge in [-0.15, -0.1) is 10.2 Å². The zero-order valence-electron chi connectivity index (χ0n) is 15.2. The average Bonchev–Trinajstić information content (AvgIpc) is 3.19. The minimum Gasteiger partial charge on any atom is -0.296 e. The average molecular weight is 378 g/mol. The van der Waals surface area contributed by atoms with Crippen molar-refractivity contribution in [1.82, 2.24) is 25.0 Å². The number of rotatable bonds is 4. The highest BCUT2D eigenvalue weighted by Gasteiger charge is 2.19. The molecule has 0 radical (unpaired) electrons. The molecule has 4 rings (SSSR count). The van der Waals surface area contributed by atoms with Crippen molar-refractivity contribution in [2.45, 2.75) is 20.3 Å². The van der Waals surface area contributed by atoms with Gasteiger partial charge >= 0.3 is 0 Å². The maximum absolute atomic E-state index is 12.9. The molecule has 27 heavy (non-hydrogen) atoms. The highest BCUT2D eigenvalue weighted by molar-refractivity contribution is 7.15. The number of carbonyl (C=O) groups is 1. The van der Waals surface area contributed by atoms with Crippen LogP contribution in [0.2, 0.25) is 0 Å². The molecule has 0 aliphatic carbocycles. The number of benzene rings is 1. The number of amides is 1. The molecule has 4 aromatic rings. The topological polar surface area (TPSA) is 85.6 Å². The number of aryl methyl sites for hydroxylation is 3. The fraction of sp³-hybridized carbons (Fsp3) is 0.211. The lowest BCUT2D eigenvalue weighted by Gasteiger charge is -2.05. The van der Waals surface area contributed by atoms with E-state index in [4.69, 9.17) is 0 Å². The number of nitrogens with one attached hydrogen (secondary N) is 1. The highest BCUT2D eigenvalue weighted by Crippen LogP contribution is 2.24. The molecule has 0 saturated carbocycles. The first-order valence-corrected chi connectivity index (χ1v) is 9.31. The number of carbonyl (C=O) groups excluding carboxylic acids is 1. The zero-order valence-corrected chi connectivity index (χ0v) is 16.0. The molecule has 3 heterocycles. The number of nitrogens with zero attached hydrogens (tertiary/aromatic N) is 5. The molecular formula is C19H18N6OS. The van der Waals surface area contributed by atoms with Gasteiger partial charge in [0, 0.05) is 19.2 Å². The second-order valence-corrected chi connectivity index (χ2v) is 7.40. The quantitative estimate of drug-likeness (QED) is 0.589. The second-order valence-electron chi connectivity index (χ2n) is 6.34. The fourth-order valence-electron chi connectivity index (χ4n) is 3.06. The third-order valence-electron chi connectivity index (χ3n) is 4.23. The first-order chi connectivity index (χ1) is 13.0. The minimum atomic E-state index is -0.232. The summed E-state index contributed by atoms with van der Waals surface area (Å²) in [4.78, 5) is 17.4. The Hall–Kier alpha value is -3.13. The number of pyridine rings is 1. The van der Waals surface area contributed by atoms with Gasteiger partial charge in [0.1, 0.15) is 5.01 Å². The van der Waals surface area contributed by atoms with Crippen molar-refractivity contribution < 1.29 is 4.79 Å². The Bertz CT molecular complexity index is 1130. The summed E-state index contributed by atoms with van der Waals surface area (Å²) >= 11 is 1.38. The second kappa shape index (κ2) is 6.88. The molecule has 0 spiro atoms. The van der Waals surface area contributed by atoms with Crippen LogP contribution in [0, 0.1) is 13.8 Å². The van der Waals surface area contributed by atoms with Gasteiger partial charge < -0.3 is 0 Å². The van der Waals surface area contributed by atoms with E-state index < -0.39 is 0 Å². The Morgan fingerprint density at radius 1 is 1.19 bits per heavy atom. The Kier molecular flexibility index (Phi) is 4.41. The van der Waals surface area contributed by atoms with E-state index in [9.17, 15) is 4.79 Å². The van der Waals surface area contributed by atoms with Gasteiger partial charge in [-0.3, -0.25) is 14.8 Å². The van der Waals surface area contributed by atoms with E-state index in [-0.39, 0.29) is 5.91 Å². The van der Waals surface area contributed by atoms with E-state index in [1.807, 2.05) is 51.2 Å². The van der Waals surface area contributed by atoms with E-state index in [1.54, 1.807) is 10.7 Å². The molecule has 8 heteroatoms. The molecule has 0 aliphatic rings. The summed E-state index contributed by atoms with van der Waals surface area (Å²) in [6, 6.07) is 11.8. The first-order valence-electron chi connectivity index (χ1n) is 8.50. The van der Waals surface area contributed by atoms with Crippen LogP contribution in [0.15, 0.2) is 36.4 Å². The lowest BCUT2D eigenvalue weighted by atomic mass is 10.1. The van der Waals surface area contributed by atoms with Gasteiger partial charge in [0.05, 0.1) is 16.6 Å². The monoisotopic (exact) mass is 378 g/mol. The molecule has 1 amide bonds. The molecular weight excluding hydrogens is 360 g/mol. The molecule has 136 valence electrons. The number of hydrogen-bond acceptors (Lipinski definition) is 6. The molecule has 0 unspecified atom stereocenters. The van der Waals surface area contributed by atoms with Gasteiger partial charge in [0.25, 0.3) is 5.91 Å². The Morgan fingerprint density at radius 2 is 1.96 bits per heavy atom. The van der Waals surface area contributed by atoms with Crippen LogP contribution in [-0.2, 0) is 13.5 Å². The van der Waals surface area contributed by atoms with Gasteiger partial charge in [-0.05, 0) is 25.5 Å². The molecule has 0 atom stereocenters. The van der Waals surface area contributed by atoms with Gasteiger partial charge in [-0.2, -0.15) is 5.10 Å². The standard InChI is InChI=1S/C19H18N6OS/c1-11-9-14(16-12(2)24-25(3)17(16)20-11)18(26)21-19-23-22-15(27-19)10-13-7-5-4-6-8-13/h4-9H,10H2,1-3H3,(H,21,23,26). The predicted molar refractivity (Wildman–Crippen MR) is 105 cm³/mol. The predicted octanol–water partition coefficient (Wildman–Crippen LogP) is 3.28. The van der Waals surface area contributed by atoms with Crippen molar-refractivity contribution in [3.05, 3.63) is 63.9 Å². The summed E-state index contributed by atoms with van der Waals surface area (Å²) in [5, 5.41) is 17.6. The van der Waals surface area contributed by atoms with Crippen LogP contribution in [0.3, 0.4) is 0 Å². The minimum absolute atomic E-state index is 0.232. The van der Waals surface area contributed by atoms with Gasteiger partial charge in [-0.1, -0.05) is 41.7 Å². The number of hydrogen-bond donors (Lipinski definition) is 1. The fourth-order valence-corrected chi connectivity index (χ4v) is 3.83. The van der Waals surface area contributed by atoms with Crippen molar-refractivity contribution in [2.24, 2.45) is 7.05 Å². The van der Waals surface area contributed by atoms with Crippen LogP contribution in [0.4, 0.5) is 5.13 Å². The maximum Gasteiger partial charge on any atom is 0.258 e. The molecule has 0 saturated heterocycles. The molecule has 0 aliphatic heterocycles. The van der Waals surface area contributed by atoms with E-state index in [0.29, 0.717) is 22.8 Å². The Morgan fingerprint density at radius 3 is 2.74 bits per heavy atom. The molecule has 3 aromatic heterocycles. The van der Waals surface area contributed by atoms with E-state index >= 15 is 0 Å². The molecule has 0 fully saturated rings. The normalized spacial score (nSPS) is 11.1. The molecule has 0 bridgehead atoms. The third kappa shape index (κ3) is 3.43. The van der Waals surface area contributed by atoms with Crippen LogP contribution in [0.1, 0.15) is 32.3 Å². The summed E-state index contributed by atoms with van der Waals surface area (Å²) < 4.78 is 1.69. The Labute approximate surface area is 160 Å². The van der Waals surface area contributed by atoms with Crippen molar-refractivity contribution in [3.8, 4) is 0 Å². The molecule has 1 N–H and O–H groups in total. The number of fused-ring (bicyclic) bond motifs is 1. The van der Waals surface area contributed by atoms with Crippen molar-refractivity contribution >= 4 is 33.4 Å². The van der Waals surface area contributed by atoms with E-state index in [2.05, 4.69) is 25.6 Å². The summed E-state index contributed by atoms with van der Waals surface area (Å²) in [5.41, 5.74) is 3.93. The lowest BCUT2D eigenvalue weighted by Crippen LogP contribution is -2.13. The van der Waals surface area contributed by atoms with E-state index in [1.165, 1.54) is 11.3 Å². The van der Waals surface area contributed by atoms with E-state index in [0.717, 1.165) is 27.3 Å². The third-order valence-corrected chi connectivity index (χ3v) is 5.07. The highest BCUT2D eigenvalue weighted by atomic mass is 32.1. The van der Waals surface area contributed by atoms with Crippen molar-refractivity contribution in [1.29, 1.82) is 0 Å². The lowest BCUT2D eigenvalue weighted by molar-refractivity contribution is 0.102. The first kappa shape index (κ1) is 17.3. The zero-order chi connectivity index (χ0) is 19.0. The molecule has 1 aromatic carbocycles. The smallest absolute Gasteiger partial charge is 0.258 e. The summed E-state index contributed by atoms with van der Waals surface area (Å²) in [6.45, 7) is 3.74. The van der Waals surface area contributed by atoms with Crippen molar-refractivity contribution in [3.63, 3.8) is 0 Å². The SMILES string of the molecule is Cc1cc(C(=O)Nc2nnc(Cc3ccccc3)s2)c2c(C)nn(C)c2n1. The van der Waals surface area contributed by atoms with Crippen LogP contribution in [0.5, 0.6) is 0 Å². The number of anilines is 1. The van der Waals surface area contributed by atoms with Gasteiger partial charge in [0.15, 0.2) is 5.65 Å². The molecule has 7 nitrogen and oxygen atoms in total. The van der Waals surface area contributed by atoms with Crippen LogP contribution >= 0.6 is 11.3 Å². The summed E-state index contributed by atoms with van der Waals surface area (Å²) in [7, 11) is 1.82. The number of aromatic nitrogens is 5. The van der Waals surface area contributed by atoms with Crippen LogP contribution < -0.4 is 5.32 Å². The van der Waals surface area contributed by atoms with Crippen molar-refractivity contribution in [2.75, 3.05) is 5.32 Å². The Balaban J connectivity index is 1.59. The van der Waals surface area contributed by atoms with Crippen LogP contribution in [-0.4, -0.2) is 30.9 Å².